The fourth-order valence-corrected chi connectivity index (χ4v) is 3.16. The fourth-order valence-electron chi connectivity index (χ4n) is 3.16. The molecule has 0 aliphatic carbocycles. The summed E-state index contributed by atoms with van der Waals surface area (Å²) in [6.45, 7) is 2.12. The number of aromatic hydroxyl groups is 1. The number of nitrogens with one attached hydrogen (secondary N) is 1. The van der Waals surface area contributed by atoms with Crippen molar-refractivity contribution in [3.05, 3.63) is 71.3 Å². The smallest absolute Gasteiger partial charge is 0.343 e. The number of esters is 1. The van der Waals surface area contributed by atoms with E-state index in [1.807, 2.05) is 0 Å². The lowest BCUT2D eigenvalue weighted by Crippen LogP contribution is -2.17. The first kappa shape index (κ1) is 25.9. The maximum atomic E-state index is 12.9. The monoisotopic (exact) mass is 494 g/mol. The van der Waals surface area contributed by atoms with E-state index in [1.54, 1.807) is 25.1 Å². The van der Waals surface area contributed by atoms with Crippen LogP contribution < -0.4 is 29.1 Å². The molecule has 3 rings (SSSR count). The zero-order valence-corrected chi connectivity index (χ0v) is 20.2. The highest BCUT2D eigenvalue weighted by Crippen LogP contribution is 2.38. The Labute approximate surface area is 208 Å². The second kappa shape index (κ2) is 12.1. The third-order valence-electron chi connectivity index (χ3n) is 4.88. The Balaban J connectivity index is 1.77. The van der Waals surface area contributed by atoms with Crippen LogP contribution in [0.5, 0.6) is 34.5 Å². The van der Waals surface area contributed by atoms with Gasteiger partial charge in [-0.25, -0.2) is 10.2 Å². The first-order valence-electron chi connectivity index (χ1n) is 10.8. The standard InChI is InChI=1S/C26H26N2O8/c1-5-35-21-12-16(15-27-28-25(30)17-7-9-19(29)10-8-17)6-11-20(21)36-26(31)18-13-22(32-2)24(34-4)23(14-18)33-3/h6-15,29H,5H2,1-4H3,(H,28,30). The van der Waals surface area contributed by atoms with Crippen molar-refractivity contribution in [2.75, 3.05) is 27.9 Å². The van der Waals surface area contributed by atoms with Crippen molar-refractivity contribution >= 4 is 18.1 Å². The highest BCUT2D eigenvalue weighted by Gasteiger charge is 2.20. The Morgan fingerprint density at radius 3 is 2.11 bits per heavy atom. The number of phenolic OH excluding ortho intramolecular Hbond substituents is 1. The molecule has 3 aromatic carbocycles. The number of amides is 1. The molecule has 3 aromatic rings. The van der Waals surface area contributed by atoms with Crippen LogP contribution in [-0.2, 0) is 0 Å². The maximum absolute atomic E-state index is 12.9. The van der Waals surface area contributed by atoms with Crippen molar-refractivity contribution < 1.29 is 38.4 Å². The lowest BCUT2D eigenvalue weighted by molar-refractivity contribution is 0.0727. The van der Waals surface area contributed by atoms with Crippen LogP contribution in [0.2, 0.25) is 0 Å². The average Bonchev–Trinajstić information content (AvgIpc) is 2.89. The Kier molecular flexibility index (Phi) is 8.71. The van der Waals surface area contributed by atoms with Crippen molar-refractivity contribution in [1.82, 2.24) is 5.43 Å². The van der Waals surface area contributed by atoms with Gasteiger partial charge in [0.05, 0.1) is 39.7 Å². The van der Waals surface area contributed by atoms with E-state index in [1.165, 1.54) is 63.9 Å². The molecule has 0 radical (unpaired) electrons. The molecule has 0 saturated heterocycles. The van der Waals surface area contributed by atoms with Gasteiger partial charge in [-0.2, -0.15) is 5.10 Å². The van der Waals surface area contributed by atoms with E-state index >= 15 is 0 Å². The third kappa shape index (κ3) is 6.23. The lowest BCUT2D eigenvalue weighted by Gasteiger charge is -2.15. The molecule has 2 N–H and O–H groups in total. The van der Waals surface area contributed by atoms with E-state index in [-0.39, 0.29) is 17.1 Å². The van der Waals surface area contributed by atoms with E-state index in [4.69, 9.17) is 23.7 Å². The molecule has 0 heterocycles. The molecule has 0 spiro atoms. The number of carbonyl (C=O) groups excluding carboxylic acids is 2. The van der Waals surface area contributed by atoms with Crippen molar-refractivity contribution in [3.8, 4) is 34.5 Å². The summed E-state index contributed by atoms with van der Waals surface area (Å²) in [5.74, 6) is 0.458. The number of hydrogen-bond acceptors (Lipinski definition) is 9. The van der Waals surface area contributed by atoms with Gasteiger partial charge in [-0.1, -0.05) is 0 Å². The summed E-state index contributed by atoms with van der Waals surface area (Å²) in [5.41, 5.74) is 3.53. The van der Waals surface area contributed by atoms with E-state index in [2.05, 4.69) is 10.5 Å². The van der Waals surface area contributed by atoms with Gasteiger partial charge in [0, 0.05) is 5.56 Å². The van der Waals surface area contributed by atoms with Crippen LogP contribution in [0, 0.1) is 0 Å². The maximum Gasteiger partial charge on any atom is 0.343 e. The molecule has 0 saturated carbocycles. The van der Waals surface area contributed by atoms with Gasteiger partial charge in [0.15, 0.2) is 23.0 Å². The minimum atomic E-state index is -0.655. The Bertz CT molecular complexity index is 1230. The van der Waals surface area contributed by atoms with Crippen molar-refractivity contribution in [2.45, 2.75) is 6.92 Å². The summed E-state index contributed by atoms with van der Waals surface area (Å²) in [6.07, 6.45) is 1.42. The summed E-state index contributed by atoms with van der Waals surface area (Å²) in [6, 6.07) is 13.6. The molecule has 10 heteroatoms. The molecule has 0 fully saturated rings. The minimum absolute atomic E-state index is 0.0598. The SMILES string of the molecule is CCOc1cc(C=NNC(=O)c2ccc(O)cc2)ccc1OC(=O)c1cc(OC)c(OC)c(OC)c1. The molecule has 0 aliphatic heterocycles. The molecule has 1 amide bonds. The van der Waals surface area contributed by atoms with Gasteiger partial charge in [-0.3, -0.25) is 4.79 Å². The van der Waals surface area contributed by atoms with Gasteiger partial charge < -0.3 is 28.8 Å². The molecular weight excluding hydrogens is 468 g/mol. The number of hydrogen-bond donors (Lipinski definition) is 2. The average molecular weight is 495 g/mol. The second-order valence-electron chi connectivity index (χ2n) is 7.19. The van der Waals surface area contributed by atoms with Gasteiger partial charge in [0.1, 0.15) is 5.75 Å². The Morgan fingerprint density at radius 1 is 0.861 bits per heavy atom. The van der Waals surface area contributed by atoms with Crippen molar-refractivity contribution in [3.63, 3.8) is 0 Å². The molecular formula is C26H26N2O8. The van der Waals surface area contributed by atoms with E-state index in [9.17, 15) is 14.7 Å². The lowest BCUT2D eigenvalue weighted by atomic mass is 10.1. The van der Waals surface area contributed by atoms with Crippen LogP contribution in [-0.4, -0.2) is 51.1 Å². The summed E-state index contributed by atoms with van der Waals surface area (Å²) in [5, 5.41) is 13.3. The van der Waals surface area contributed by atoms with Crippen LogP contribution in [0.1, 0.15) is 33.2 Å². The number of hydrazone groups is 1. The van der Waals surface area contributed by atoms with E-state index < -0.39 is 11.9 Å². The summed E-state index contributed by atoms with van der Waals surface area (Å²) in [4.78, 5) is 25.0. The Hall–Kier alpha value is -4.73. The van der Waals surface area contributed by atoms with Crippen LogP contribution in [0.15, 0.2) is 59.7 Å². The summed E-state index contributed by atoms with van der Waals surface area (Å²) >= 11 is 0. The molecule has 0 atom stereocenters. The molecule has 0 unspecified atom stereocenters. The highest BCUT2D eigenvalue weighted by atomic mass is 16.6. The number of ether oxygens (including phenoxy) is 5. The Morgan fingerprint density at radius 2 is 1.53 bits per heavy atom. The predicted octanol–water partition coefficient (Wildman–Crippen LogP) is 3.80. The van der Waals surface area contributed by atoms with Crippen molar-refractivity contribution in [2.24, 2.45) is 5.10 Å². The highest BCUT2D eigenvalue weighted by molar-refractivity contribution is 5.95. The number of carbonyl (C=O) groups is 2. The number of methoxy groups -OCH3 is 3. The molecule has 188 valence electrons. The van der Waals surface area contributed by atoms with Gasteiger partial charge >= 0.3 is 5.97 Å². The van der Waals surface area contributed by atoms with Crippen LogP contribution in [0.3, 0.4) is 0 Å². The molecule has 0 bridgehead atoms. The zero-order valence-electron chi connectivity index (χ0n) is 20.2. The number of rotatable bonds is 10. The molecule has 36 heavy (non-hydrogen) atoms. The van der Waals surface area contributed by atoms with E-state index in [0.29, 0.717) is 40.7 Å². The second-order valence-corrected chi connectivity index (χ2v) is 7.19. The van der Waals surface area contributed by atoms with Crippen LogP contribution in [0.25, 0.3) is 0 Å². The summed E-state index contributed by atoms with van der Waals surface area (Å²) in [7, 11) is 4.37. The van der Waals surface area contributed by atoms with Crippen LogP contribution >= 0.6 is 0 Å². The first-order valence-corrected chi connectivity index (χ1v) is 10.8. The third-order valence-corrected chi connectivity index (χ3v) is 4.88. The normalized spacial score (nSPS) is 10.6. The van der Waals surface area contributed by atoms with Gasteiger partial charge in [0.25, 0.3) is 5.91 Å². The number of nitrogens with zero attached hydrogens (tertiary/aromatic N) is 1. The van der Waals surface area contributed by atoms with Gasteiger partial charge in [-0.15, -0.1) is 0 Å². The molecule has 0 aliphatic rings. The first-order chi connectivity index (χ1) is 17.4. The topological polar surface area (TPSA) is 125 Å². The predicted molar refractivity (Wildman–Crippen MR) is 132 cm³/mol. The van der Waals surface area contributed by atoms with Gasteiger partial charge in [0.2, 0.25) is 5.75 Å². The minimum Gasteiger partial charge on any atom is -0.508 e. The van der Waals surface area contributed by atoms with Crippen LogP contribution in [0.4, 0.5) is 0 Å². The van der Waals surface area contributed by atoms with E-state index in [0.717, 1.165) is 0 Å². The largest absolute Gasteiger partial charge is 0.508 e. The number of phenols is 1. The molecule has 10 nitrogen and oxygen atoms in total. The quantitative estimate of drug-likeness (QED) is 0.189. The zero-order chi connectivity index (χ0) is 26.1. The summed E-state index contributed by atoms with van der Waals surface area (Å²) < 4.78 is 27.1. The van der Waals surface area contributed by atoms with Crippen molar-refractivity contribution in [1.29, 1.82) is 0 Å². The van der Waals surface area contributed by atoms with Gasteiger partial charge in [-0.05, 0) is 67.1 Å². The fraction of sp³-hybridized carbons (Fsp3) is 0.192. The number of benzene rings is 3. The molecule has 0 aromatic heterocycles.